The number of nitrogens with two attached hydrogens (primary N) is 1. The fraction of sp³-hybridized carbons (Fsp3) is 0.400. The van der Waals surface area contributed by atoms with Gasteiger partial charge in [0.15, 0.2) is 0 Å². The van der Waals surface area contributed by atoms with E-state index in [0.717, 1.165) is 56.0 Å². The Hall–Kier alpha value is -3.03. The molecule has 2 saturated heterocycles. The summed E-state index contributed by atoms with van der Waals surface area (Å²) in [6.45, 7) is 7.21. The highest BCUT2D eigenvalue weighted by atomic mass is 16.5. The average Bonchev–Trinajstić information content (AvgIpc) is 3.22. The lowest BCUT2D eigenvalue weighted by molar-refractivity contribution is -0.114. The van der Waals surface area contributed by atoms with Crippen molar-refractivity contribution in [2.24, 2.45) is 11.7 Å². The number of ether oxygens (including phenoxy) is 1. The van der Waals surface area contributed by atoms with Gasteiger partial charge in [0.05, 0.1) is 17.7 Å². The van der Waals surface area contributed by atoms with Gasteiger partial charge in [0.2, 0.25) is 5.91 Å². The Balaban J connectivity index is 1.53. The number of fused-ring (bicyclic) bond motifs is 1. The summed E-state index contributed by atoms with van der Waals surface area (Å²) in [5, 5.41) is 9.03. The van der Waals surface area contributed by atoms with Crippen LogP contribution in [0.3, 0.4) is 0 Å². The molecule has 1 aromatic carbocycles. The van der Waals surface area contributed by atoms with Gasteiger partial charge in [-0.2, -0.15) is 0 Å². The second kappa shape index (κ2) is 10.5. The molecule has 4 rings (SSSR count). The Morgan fingerprint density at radius 2 is 1.97 bits per heavy atom. The lowest BCUT2D eigenvalue weighted by Crippen LogP contribution is -2.55. The van der Waals surface area contributed by atoms with E-state index in [1.165, 1.54) is 0 Å². The molecule has 5 N–H and O–H groups in total. The fourth-order valence-electron chi connectivity index (χ4n) is 4.85. The monoisotopic (exact) mass is 435 g/mol. The van der Waals surface area contributed by atoms with E-state index in [4.69, 9.17) is 10.5 Å². The van der Waals surface area contributed by atoms with Gasteiger partial charge in [0.25, 0.3) is 0 Å². The third-order valence-electron chi connectivity index (χ3n) is 6.35. The van der Waals surface area contributed by atoms with E-state index in [0.29, 0.717) is 24.1 Å². The van der Waals surface area contributed by atoms with Gasteiger partial charge < -0.3 is 21.1 Å². The Morgan fingerprint density at radius 3 is 2.69 bits per heavy atom. The smallest absolute Gasteiger partial charge is 0.250 e. The summed E-state index contributed by atoms with van der Waals surface area (Å²) in [7, 11) is 0. The van der Waals surface area contributed by atoms with Crippen LogP contribution in [0.25, 0.3) is 0 Å². The largest absolute Gasteiger partial charge is 0.490 e. The molecule has 0 aliphatic carbocycles. The minimum absolute atomic E-state index is 0.330. The van der Waals surface area contributed by atoms with Crippen LogP contribution < -0.4 is 26.5 Å². The van der Waals surface area contributed by atoms with Crippen LogP contribution in [0.4, 0.5) is 0 Å². The molecule has 32 heavy (non-hydrogen) atoms. The van der Waals surface area contributed by atoms with E-state index >= 15 is 0 Å². The van der Waals surface area contributed by atoms with Crippen molar-refractivity contribution >= 4 is 5.91 Å². The van der Waals surface area contributed by atoms with Crippen LogP contribution in [-0.2, 0) is 4.79 Å². The Bertz CT molecular complexity index is 902. The Morgan fingerprint density at radius 1 is 1.19 bits per heavy atom. The van der Waals surface area contributed by atoms with Gasteiger partial charge in [-0.1, -0.05) is 43.0 Å². The normalized spacial score (nSPS) is 24.4. The number of carbonyl (C=O) groups excluding carboxylic acids is 1. The molecule has 0 radical (unpaired) electrons. The quantitative estimate of drug-likeness (QED) is 0.467. The van der Waals surface area contributed by atoms with Crippen molar-refractivity contribution in [2.75, 3.05) is 26.2 Å². The maximum atomic E-state index is 12.5. The molecule has 7 nitrogen and oxygen atoms in total. The molecule has 2 fully saturated rings. The van der Waals surface area contributed by atoms with Crippen LogP contribution in [0.2, 0.25) is 0 Å². The summed E-state index contributed by atoms with van der Waals surface area (Å²) in [5.41, 5.74) is 10.9. The SMILES string of the molecule is C=C/C=C(\C=C/COc1ccccc1)C1NN2C(=C1C(N)=O)NCC[C@H]2C1CCNCC1. The van der Waals surface area contributed by atoms with Crippen molar-refractivity contribution in [1.82, 2.24) is 21.1 Å². The molecule has 1 aromatic rings. The zero-order valence-corrected chi connectivity index (χ0v) is 18.4. The first-order valence-corrected chi connectivity index (χ1v) is 11.4. The molecule has 2 atom stereocenters. The minimum Gasteiger partial charge on any atom is -0.490 e. The topological polar surface area (TPSA) is 91.7 Å². The summed E-state index contributed by atoms with van der Waals surface area (Å²) in [4.78, 5) is 12.5. The predicted octanol–water partition coefficient (Wildman–Crippen LogP) is 1.98. The molecule has 1 unspecified atom stereocenters. The lowest BCUT2D eigenvalue weighted by atomic mass is 9.87. The summed E-state index contributed by atoms with van der Waals surface area (Å²) < 4.78 is 5.77. The Kier molecular flexibility index (Phi) is 7.29. The molecular formula is C25H33N5O2. The molecule has 0 aromatic heterocycles. The Labute approximate surface area is 190 Å². The van der Waals surface area contributed by atoms with E-state index in [1.54, 1.807) is 6.08 Å². The summed E-state index contributed by atoms with van der Waals surface area (Å²) in [5.74, 6) is 1.80. The number of rotatable bonds is 8. The van der Waals surface area contributed by atoms with E-state index in [-0.39, 0.29) is 6.04 Å². The standard InChI is InChI=1S/C25H33N5O2/c1-2-7-19(8-6-17-32-20-9-4-3-5-10-20)23-22(24(26)31)25-28-16-13-21(30(25)29-23)18-11-14-27-15-12-18/h2-10,18,21,23,27-29H,1,11-17H2,(H2,26,31)/b8-6-,19-7+/t21-,23?/m0/s1. The van der Waals surface area contributed by atoms with Crippen molar-refractivity contribution in [2.45, 2.75) is 31.3 Å². The van der Waals surface area contributed by atoms with Gasteiger partial charge in [-0.3, -0.25) is 9.80 Å². The van der Waals surface area contributed by atoms with Crippen LogP contribution >= 0.6 is 0 Å². The van der Waals surface area contributed by atoms with Crippen molar-refractivity contribution in [1.29, 1.82) is 0 Å². The highest BCUT2D eigenvalue weighted by Gasteiger charge is 2.43. The summed E-state index contributed by atoms with van der Waals surface area (Å²) in [6.07, 6.45) is 10.9. The molecule has 7 heteroatoms. The van der Waals surface area contributed by atoms with E-state index in [1.807, 2.05) is 48.6 Å². The van der Waals surface area contributed by atoms with Crippen molar-refractivity contribution in [3.05, 3.63) is 78.2 Å². The highest BCUT2D eigenvalue weighted by molar-refractivity contribution is 5.95. The number of allylic oxidation sites excluding steroid dienone is 2. The van der Waals surface area contributed by atoms with Gasteiger partial charge >= 0.3 is 0 Å². The molecule has 3 heterocycles. The van der Waals surface area contributed by atoms with Crippen LogP contribution in [-0.4, -0.2) is 49.2 Å². The molecule has 0 bridgehead atoms. The maximum Gasteiger partial charge on any atom is 0.250 e. The van der Waals surface area contributed by atoms with Gasteiger partial charge in [-0.25, -0.2) is 5.43 Å². The maximum absolute atomic E-state index is 12.5. The van der Waals surface area contributed by atoms with Gasteiger partial charge in [-0.15, -0.1) is 0 Å². The van der Waals surface area contributed by atoms with Gasteiger partial charge in [0, 0.05) is 6.54 Å². The third kappa shape index (κ3) is 4.89. The second-order valence-electron chi connectivity index (χ2n) is 8.36. The summed E-state index contributed by atoms with van der Waals surface area (Å²) in [6, 6.07) is 9.69. The second-order valence-corrected chi connectivity index (χ2v) is 8.36. The van der Waals surface area contributed by atoms with Crippen LogP contribution in [0.5, 0.6) is 5.75 Å². The fourth-order valence-corrected chi connectivity index (χ4v) is 4.85. The molecule has 3 aliphatic heterocycles. The lowest BCUT2D eigenvalue weighted by Gasteiger charge is -2.42. The molecule has 1 amide bonds. The van der Waals surface area contributed by atoms with Crippen LogP contribution in [0.15, 0.2) is 78.2 Å². The number of hydrazine groups is 1. The average molecular weight is 436 g/mol. The minimum atomic E-state index is -0.414. The number of carbonyl (C=O) groups is 1. The number of amides is 1. The third-order valence-corrected chi connectivity index (χ3v) is 6.35. The first-order chi connectivity index (χ1) is 15.7. The van der Waals surface area contributed by atoms with Crippen LogP contribution in [0, 0.1) is 5.92 Å². The molecule has 0 saturated carbocycles. The van der Waals surface area contributed by atoms with Crippen molar-refractivity contribution < 1.29 is 9.53 Å². The van der Waals surface area contributed by atoms with Crippen molar-refractivity contribution in [3.8, 4) is 5.75 Å². The van der Waals surface area contributed by atoms with Crippen LogP contribution in [0.1, 0.15) is 19.3 Å². The first kappa shape index (κ1) is 22.2. The van der Waals surface area contributed by atoms with E-state index in [2.05, 4.69) is 27.6 Å². The zero-order chi connectivity index (χ0) is 22.3. The van der Waals surface area contributed by atoms with Gasteiger partial charge in [0.1, 0.15) is 18.2 Å². The molecule has 0 spiro atoms. The number of nitrogens with one attached hydrogen (secondary N) is 3. The number of benzene rings is 1. The number of nitrogens with zero attached hydrogens (tertiary/aromatic N) is 1. The first-order valence-electron chi connectivity index (χ1n) is 11.4. The summed E-state index contributed by atoms with van der Waals surface area (Å²) >= 11 is 0. The number of piperidine rings is 1. The number of hydrogen-bond donors (Lipinski definition) is 4. The molecule has 3 aliphatic rings. The van der Waals surface area contributed by atoms with Crippen molar-refractivity contribution in [3.63, 3.8) is 0 Å². The zero-order valence-electron chi connectivity index (χ0n) is 18.4. The highest BCUT2D eigenvalue weighted by Crippen LogP contribution is 2.34. The molecule has 170 valence electrons. The molecular weight excluding hydrogens is 402 g/mol. The number of para-hydroxylation sites is 1. The van der Waals surface area contributed by atoms with E-state index < -0.39 is 5.91 Å². The number of hydrogen-bond acceptors (Lipinski definition) is 6. The number of primary amides is 1. The van der Waals surface area contributed by atoms with E-state index in [9.17, 15) is 4.79 Å². The predicted molar refractivity (Wildman–Crippen MR) is 126 cm³/mol. The van der Waals surface area contributed by atoms with Gasteiger partial charge in [-0.05, 0) is 62.1 Å².